The van der Waals surface area contributed by atoms with Crippen molar-refractivity contribution in [1.82, 2.24) is 5.32 Å². The quantitative estimate of drug-likeness (QED) is 0.527. The number of nitrogens with one attached hydrogen (secondary N) is 1. The molecule has 0 spiro atoms. The summed E-state index contributed by atoms with van der Waals surface area (Å²) in [6.07, 6.45) is 2.53. The highest BCUT2D eigenvalue weighted by Gasteiger charge is 2.12. The molecule has 4 N–H and O–H groups in total. The maximum absolute atomic E-state index is 9.25. The summed E-state index contributed by atoms with van der Waals surface area (Å²) in [5.41, 5.74) is 5.48. The summed E-state index contributed by atoms with van der Waals surface area (Å²) < 4.78 is 5.14. The first kappa shape index (κ1) is 14.8. The van der Waals surface area contributed by atoms with Crippen molar-refractivity contribution in [3.05, 3.63) is 0 Å². The summed E-state index contributed by atoms with van der Waals surface area (Å²) in [5, 5.41) is 12.7. The van der Waals surface area contributed by atoms with Crippen LogP contribution < -0.4 is 11.1 Å². The van der Waals surface area contributed by atoms with Crippen molar-refractivity contribution in [1.29, 1.82) is 0 Å². The lowest BCUT2D eigenvalue weighted by atomic mass is 10.1. The van der Waals surface area contributed by atoms with Crippen LogP contribution in [0.2, 0.25) is 0 Å². The maximum Gasteiger partial charge on any atom is 0.0615 e. The van der Waals surface area contributed by atoms with Gasteiger partial charge in [-0.05, 0) is 39.7 Å². The Bertz CT molecular complexity index is 143. The third-order valence-electron chi connectivity index (χ3n) is 2.34. The van der Waals surface area contributed by atoms with E-state index in [0.717, 1.165) is 19.3 Å². The minimum absolute atomic E-state index is 0.259. The molecule has 4 nitrogen and oxygen atoms in total. The van der Waals surface area contributed by atoms with Crippen LogP contribution in [0.15, 0.2) is 0 Å². The van der Waals surface area contributed by atoms with Crippen LogP contribution in [0.4, 0.5) is 0 Å². The zero-order chi connectivity index (χ0) is 11.7. The third kappa shape index (κ3) is 8.81. The first-order valence-corrected chi connectivity index (χ1v) is 5.73. The third-order valence-corrected chi connectivity index (χ3v) is 2.34. The average molecular weight is 218 g/mol. The molecule has 0 saturated carbocycles. The van der Waals surface area contributed by atoms with Gasteiger partial charge in [-0.15, -0.1) is 0 Å². The van der Waals surface area contributed by atoms with Gasteiger partial charge in [-0.3, -0.25) is 0 Å². The largest absolute Gasteiger partial charge is 0.393 e. The standard InChI is InChI=1S/C11H26N2O2/c1-9(7-10(2)14)13-11(8-15-3)5-4-6-12/h9-11,13-14H,4-8,12H2,1-3H3. The molecule has 0 aromatic heterocycles. The zero-order valence-electron chi connectivity index (χ0n) is 10.2. The van der Waals surface area contributed by atoms with Gasteiger partial charge >= 0.3 is 0 Å². The Morgan fingerprint density at radius 1 is 1.40 bits per heavy atom. The number of aliphatic hydroxyl groups excluding tert-OH is 1. The predicted octanol–water partition coefficient (Wildman–Crippen LogP) is 0.489. The van der Waals surface area contributed by atoms with E-state index in [1.165, 1.54) is 0 Å². The van der Waals surface area contributed by atoms with Gasteiger partial charge in [0.15, 0.2) is 0 Å². The van der Waals surface area contributed by atoms with Crippen LogP contribution in [0, 0.1) is 0 Å². The van der Waals surface area contributed by atoms with Crippen molar-refractivity contribution in [3.63, 3.8) is 0 Å². The smallest absolute Gasteiger partial charge is 0.0615 e. The summed E-state index contributed by atoms with van der Waals surface area (Å²) in [6, 6.07) is 0.648. The van der Waals surface area contributed by atoms with Gasteiger partial charge in [-0.25, -0.2) is 0 Å². The van der Waals surface area contributed by atoms with Gasteiger partial charge in [0.05, 0.1) is 12.7 Å². The molecule has 0 aliphatic rings. The number of hydrogen-bond donors (Lipinski definition) is 3. The monoisotopic (exact) mass is 218 g/mol. The highest BCUT2D eigenvalue weighted by molar-refractivity contribution is 4.72. The fourth-order valence-electron chi connectivity index (χ4n) is 1.76. The van der Waals surface area contributed by atoms with Crippen LogP contribution in [-0.4, -0.2) is 43.6 Å². The molecule has 0 aliphatic carbocycles. The Labute approximate surface area is 93.2 Å². The van der Waals surface area contributed by atoms with E-state index in [1.807, 2.05) is 6.92 Å². The molecule has 0 fully saturated rings. The lowest BCUT2D eigenvalue weighted by Crippen LogP contribution is -2.41. The molecule has 0 saturated heterocycles. The average Bonchev–Trinajstić information content (AvgIpc) is 2.13. The maximum atomic E-state index is 9.25. The van der Waals surface area contributed by atoms with Gasteiger partial charge in [0, 0.05) is 19.2 Å². The van der Waals surface area contributed by atoms with Crippen molar-refractivity contribution >= 4 is 0 Å². The summed E-state index contributed by atoms with van der Waals surface area (Å²) in [4.78, 5) is 0. The molecule has 0 aromatic carbocycles. The molecule has 0 rings (SSSR count). The lowest BCUT2D eigenvalue weighted by molar-refractivity contribution is 0.138. The summed E-state index contributed by atoms with van der Waals surface area (Å²) >= 11 is 0. The van der Waals surface area contributed by atoms with Crippen LogP contribution in [0.1, 0.15) is 33.1 Å². The van der Waals surface area contributed by atoms with Gasteiger partial charge in [0.2, 0.25) is 0 Å². The highest BCUT2D eigenvalue weighted by atomic mass is 16.5. The molecule has 0 aromatic rings. The van der Waals surface area contributed by atoms with E-state index >= 15 is 0 Å². The molecule has 0 bridgehead atoms. The number of aliphatic hydroxyl groups is 1. The number of hydrogen-bond acceptors (Lipinski definition) is 4. The van der Waals surface area contributed by atoms with Crippen LogP contribution in [-0.2, 0) is 4.74 Å². The molecule has 0 amide bonds. The van der Waals surface area contributed by atoms with E-state index in [-0.39, 0.29) is 6.10 Å². The highest BCUT2D eigenvalue weighted by Crippen LogP contribution is 2.03. The Morgan fingerprint density at radius 2 is 2.07 bits per heavy atom. The van der Waals surface area contributed by atoms with E-state index < -0.39 is 0 Å². The van der Waals surface area contributed by atoms with Crippen LogP contribution >= 0.6 is 0 Å². The number of methoxy groups -OCH3 is 1. The summed E-state index contributed by atoms with van der Waals surface area (Å²) in [7, 11) is 1.70. The summed E-state index contributed by atoms with van der Waals surface area (Å²) in [5.74, 6) is 0. The number of rotatable bonds is 9. The fourth-order valence-corrected chi connectivity index (χ4v) is 1.76. The normalized spacial score (nSPS) is 17.4. The van der Waals surface area contributed by atoms with Gasteiger partial charge < -0.3 is 20.9 Å². The van der Waals surface area contributed by atoms with Crippen molar-refractivity contribution in [2.45, 2.75) is 51.3 Å². The second kappa shape index (κ2) is 9.09. The Balaban J connectivity index is 3.80. The van der Waals surface area contributed by atoms with E-state index in [0.29, 0.717) is 25.2 Å². The first-order chi connectivity index (χ1) is 7.10. The van der Waals surface area contributed by atoms with E-state index in [2.05, 4.69) is 12.2 Å². The van der Waals surface area contributed by atoms with Gasteiger partial charge in [0.1, 0.15) is 0 Å². The predicted molar refractivity (Wildman–Crippen MR) is 62.8 cm³/mol. The number of nitrogens with two attached hydrogens (primary N) is 1. The second-order valence-electron chi connectivity index (χ2n) is 4.24. The second-order valence-corrected chi connectivity index (χ2v) is 4.24. The topological polar surface area (TPSA) is 67.5 Å². The minimum atomic E-state index is -0.259. The van der Waals surface area contributed by atoms with Gasteiger partial charge in [-0.2, -0.15) is 0 Å². The molecule has 3 unspecified atom stereocenters. The van der Waals surface area contributed by atoms with Crippen molar-refractivity contribution in [2.24, 2.45) is 5.73 Å². The van der Waals surface area contributed by atoms with Crippen molar-refractivity contribution < 1.29 is 9.84 Å². The van der Waals surface area contributed by atoms with Crippen molar-refractivity contribution in [3.8, 4) is 0 Å². The molecule has 0 heterocycles. The molecule has 15 heavy (non-hydrogen) atoms. The Hall–Kier alpha value is -0.160. The zero-order valence-corrected chi connectivity index (χ0v) is 10.2. The van der Waals surface area contributed by atoms with Gasteiger partial charge in [0.25, 0.3) is 0 Å². The first-order valence-electron chi connectivity index (χ1n) is 5.73. The molecular formula is C11H26N2O2. The molecule has 3 atom stereocenters. The Morgan fingerprint density at radius 3 is 2.53 bits per heavy atom. The summed E-state index contributed by atoms with van der Waals surface area (Å²) in [6.45, 7) is 5.30. The molecule has 4 heteroatoms. The van der Waals surface area contributed by atoms with Gasteiger partial charge in [-0.1, -0.05) is 0 Å². The van der Waals surface area contributed by atoms with Crippen molar-refractivity contribution in [2.75, 3.05) is 20.3 Å². The SMILES string of the molecule is COCC(CCCN)NC(C)CC(C)O. The molecule has 0 aliphatic heterocycles. The number of ether oxygens (including phenoxy) is 1. The Kier molecular flexibility index (Phi) is 9.00. The van der Waals surface area contributed by atoms with Crippen LogP contribution in [0.3, 0.4) is 0 Å². The van der Waals surface area contributed by atoms with Crippen LogP contribution in [0.5, 0.6) is 0 Å². The molecule has 92 valence electrons. The van der Waals surface area contributed by atoms with E-state index in [1.54, 1.807) is 7.11 Å². The van der Waals surface area contributed by atoms with E-state index in [9.17, 15) is 5.11 Å². The molecule has 0 radical (unpaired) electrons. The van der Waals surface area contributed by atoms with Crippen LogP contribution in [0.25, 0.3) is 0 Å². The fraction of sp³-hybridized carbons (Fsp3) is 1.00. The lowest BCUT2D eigenvalue weighted by Gasteiger charge is -2.23. The minimum Gasteiger partial charge on any atom is -0.393 e. The molecular weight excluding hydrogens is 192 g/mol. The van der Waals surface area contributed by atoms with E-state index in [4.69, 9.17) is 10.5 Å².